The van der Waals surface area contributed by atoms with Crippen molar-refractivity contribution in [1.82, 2.24) is 4.90 Å². The molecule has 1 fully saturated rings. The molecule has 1 heterocycles. The number of hydrogen-bond acceptors (Lipinski definition) is 2. The van der Waals surface area contributed by atoms with Crippen molar-refractivity contribution in [3.63, 3.8) is 0 Å². The summed E-state index contributed by atoms with van der Waals surface area (Å²) in [5.41, 5.74) is 0.979. The van der Waals surface area contributed by atoms with E-state index in [0.29, 0.717) is 32.2 Å². The summed E-state index contributed by atoms with van der Waals surface area (Å²) >= 11 is 0. The standard InChI is InChI=1S/C21H22F3NO2/c22-18-3-1-2-16(12-18)14-27-11-8-15-6-9-25(10-7-15)21(26)17-4-5-19(23)20(24)13-17/h1-5,12-13,15H,6-11,14H2. The predicted molar refractivity (Wildman–Crippen MR) is 95.7 cm³/mol. The molecule has 27 heavy (non-hydrogen) atoms. The van der Waals surface area contributed by atoms with Crippen molar-refractivity contribution in [3.05, 3.63) is 71.0 Å². The second-order valence-corrected chi connectivity index (χ2v) is 6.84. The number of nitrogens with zero attached hydrogens (tertiary/aromatic N) is 1. The van der Waals surface area contributed by atoms with Crippen molar-refractivity contribution in [1.29, 1.82) is 0 Å². The van der Waals surface area contributed by atoms with E-state index in [1.807, 2.05) is 6.07 Å². The molecule has 0 saturated carbocycles. The molecule has 1 aliphatic rings. The molecule has 0 bridgehead atoms. The van der Waals surface area contributed by atoms with E-state index in [1.54, 1.807) is 11.0 Å². The lowest BCUT2D eigenvalue weighted by Crippen LogP contribution is -2.38. The van der Waals surface area contributed by atoms with Crippen molar-refractivity contribution >= 4 is 5.91 Å². The van der Waals surface area contributed by atoms with Crippen molar-refractivity contribution in [2.24, 2.45) is 5.92 Å². The van der Waals surface area contributed by atoms with Crippen LogP contribution in [0.4, 0.5) is 13.2 Å². The molecule has 0 radical (unpaired) electrons. The zero-order valence-corrected chi connectivity index (χ0v) is 15.0. The average Bonchev–Trinajstić information content (AvgIpc) is 2.67. The van der Waals surface area contributed by atoms with Gasteiger partial charge in [-0.05, 0) is 61.1 Å². The van der Waals surface area contributed by atoms with Crippen LogP contribution in [0.15, 0.2) is 42.5 Å². The van der Waals surface area contributed by atoms with Gasteiger partial charge in [0.2, 0.25) is 0 Å². The predicted octanol–water partition coefficient (Wildman–Crippen LogP) is 4.56. The number of ether oxygens (including phenoxy) is 1. The van der Waals surface area contributed by atoms with Crippen LogP contribution in [0.3, 0.4) is 0 Å². The highest BCUT2D eigenvalue weighted by Crippen LogP contribution is 2.22. The van der Waals surface area contributed by atoms with Crippen LogP contribution in [0.1, 0.15) is 35.2 Å². The van der Waals surface area contributed by atoms with E-state index in [9.17, 15) is 18.0 Å². The third kappa shape index (κ3) is 5.32. The molecule has 0 aromatic heterocycles. The van der Waals surface area contributed by atoms with Gasteiger partial charge in [0.1, 0.15) is 5.82 Å². The summed E-state index contributed by atoms with van der Waals surface area (Å²) in [5.74, 6) is -2.05. The Morgan fingerprint density at radius 3 is 2.52 bits per heavy atom. The van der Waals surface area contributed by atoms with Crippen LogP contribution >= 0.6 is 0 Å². The van der Waals surface area contributed by atoms with Gasteiger partial charge in [-0.15, -0.1) is 0 Å². The summed E-state index contributed by atoms with van der Waals surface area (Å²) in [6, 6.07) is 9.59. The van der Waals surface area contributed by atoms with Crippen LogP contribution in [0.25, 0.3) is 0 Å². The fourth-order valence-corrected chi connectivity index (χ4v) is 3.30. The zero-order chi connectivity index (χ0) is 19.2. The molecule has 144 valence electrons. The Hall–Kier alpha value is -2.34. The summed E-state index contributed by atoms with van der Waals surface area (Å²) in [7, 11) is 0. The van der Waals surface area contributed by atoms with E-state index >= 15 is 0 Å². The van der Waals surface area contributed by atoms with Gasteiger partial charge in [-0.1, -0.05) is 12.1 Å². The van der Waals surface area contributed by atoms with Gasteiger partial charge in [0, 0.05) is 25.3 Å². The van der Waals surface area contributed by atoms with Crippen molar-refractivity contribution < 1.29 is 22.7 Å². The Morgan fingerprint density at radius 2 is 1.81 bits per heavy atom. The third-order valence-electron chi connectivity index (χ3n) is 4.90. The molecule has 0 unspecified atom stereocenters. The van der Waals surface area contributed by atoms with E-state index in [1.165, 1.54) is 18.2 Å². The maximum atomic E-state index is 13.3. The zero-order valence-electron chi connectivity index (χ0n) is 15.0. The number of carbonyl (C=O) groups is 1. The highest BCUT2D eigenvalue weighted by molar-refractivity contribution is 5.94. The van der Waals surface area contributed by atoms with Crippen LogP contribution in [0.2, 0.25) is 0 Å². The SMILES string of the molecule is O=C(c1ccc(F)c(F)c1)N1CCC(CCOCc2cccc(F)c2)CC1. The molecule has 1 aliphatic heterocycles. The number of halogens is 3. The fourth-order valence-electron chi connectivity index (χ4n) is 3.30. The third-order valence-corrected chi connectivity index (χ3v) is 4.90. The quantitative estimate of drug-likeness (QED) is 0.691. The molecule has 0 atom stereocenters. The fraction of sp³-hybridized carbons (Fsp3) is 0.381. The van der Waals surface area contributed by atoms with Gasteiger partial charge in [-0.25, -0.2) is 13.2 Å². The maximum absolute atomic E-state index is 13.3. The highest BCUT2D eigenvalue weighted by atomic mass is 19.2. The lowest BCUT2D eigenvalue weighted by Gasteiger charge is -2.32. The highest BCUT2D eigenvalue weighted by Gasteiger charge is 2.24. The van der Waals surface area contributed by atoms with E-state index in [2.05, 4.69) is 0 Å². The van der Waals surface area contributed by atoms with Crippen molar-refractivity contribution in [2.45, 2.75) is 25.9 Å². The van der Waals surface area contributed by atoms with Gasteiger partial charge in [0.25, 0.3) is 5.91 Å². The minimum Gasteiger partial charge on any atom is -0.377 e. The topological polar surface area (TPSA) is 29.5 Å². The number of likely N-dealkylation sites (tertiary alicyclic amines) is 1. The van der Waals surface area contributed by atoms with Crippen LogP contribution in [-0.4, -0.2) is 30.5 Å². The summed E-state index contributed by atoms with van der Waals surface area (Å²) in [6.07, 6.45) is 2.57. The largest absolute Gasteiger partial charge is 0.377 e. The van der Waals surface area contributed by atoms with Crippen LogP contribution in [0.5, 0.6) is 0 Å². The Morgan fingerprint density at radius 1 is 1.04 bits per heavy atom. The Labute approximate surface area is 156 Å². The first-order chi connectivity index (χ1) is 13.0. The van der Waals surface area contributed by atoms with Crippen LogP contribution in [-0.2, 0) is 11.3 Å². The van der Waals surface area contributed by atoms with E-state index in [4.69, 9.17) is 4.74 Å². The van der Waals surface area contributed by atoms with Gasteiger partial charge < -0.3 is 9.64 Å². The smallest absolute Gasteiger partial charge is 0.253 e. The van der Waals surface area contributed by atoms with Gasteiger partial charge in [-0.3, -0.25) is 4.79 Å². The number of hydrogen-bond donors (Lipinski definition) is 0. The van der Waals surface area contributed by atoms with Gasteiger partial charge in [0.15, 0.2) is 11.6 Å². The molecule has 0 N–H and O–H groups in total. The van der Waals surface area contributed by atoms with Gasteiger partial charge in [0.05, 0.1) is 6.61 Å². The van der Waals surface area contributed by atoms with Crippen LogP contribution in [0, 0.1) is 23.4 Å². The number of amides is 1. The minimum absolute atomic E-state index is 0.172. The first-order valence-corrected chi connectivity index (χ1v) is 9.09. The number of piperidine rings is 1. The molecule has 3 rings (SSSR count). The Kier molecular flexibility index (Phi) is 6.50. The van der Waals surface area contributed by atoms with E-state index in [0.717, 1.165) is 37.0 Å². The molecule has 6 heteroatoms. The second-order valence-electron chi connectivity index (χ2n) is 6.84. The van der Waals surface area contributed by atoms with Crippen LogP contribution < -0.4 is 0 Å². The summed E-state index contributed by atoms with van der Waals surface area (Å²) in [6.45, 7) is 2.14. The lowest BCUT2D eigenvalue weighted by atomic mass is 9.93. The van der Waals surface area contributed by atoms with Crippen molar-refractivity contribution in [2.75, 3.05) is 19.7 Å². The van der Waals surface area contributed by atoms with Crippen molar-refractivity contribution in [3.8, 4) is 0 Å². The molecular weight excluding hydrogens is 355 g/mol. The first-order valence-electron chi connectivity index (χ1n) is 9.09. The summed E-state index contributed by atoms with van der Waals surface area (Å²) in [4.78, 5) is 14.1. The molecule has 3 nitrogen and oxygen atoms in total. The molecule has 1 amide bonds. The van der Waals surface area contributed by atoms with E-state index < -0.39 is 11.6 Å². The number of rotatable bonds is 6. The monoisotopic (exact) mass is 377 g/mol. The molecule has 2 aromatic rings. The van der Waals surface area contributed by atoms with Gasteiger partial charge in [-0.2, -0.15) is 0 Å². The molecular formula is C21H22F3NO2. The molecule has 0 aliphatic carbocycles. The Balaban J connectivity index is 1.39. The first kappa shape index (κ1) is 19.4. The molecule has 2 aromatic carbocycles. The minimum atomic E-state index is -1.01. The number of carbonyl (C=O) groups excluding carboxylic acids is 1. The van der Waals surface area contributed by atoms with Gasteiger partial charge >= 0.3 is 0 Å². The number of benzene rings is 2. The normalized spacial score (nSPS) is 15.1. The molecule has 1 saturated heterocycles. The summed E-state index contributed by atoms with van der Waals surface area (Å²) < 4.78 is 45.0. The van der Waals surface area contributed by atoms with E-state index in [-0.39, 0.29) is 17.3 Å². The molecule has 0 spiro atoms. The maximum Gasteiger partial charge on any atom is 0.253 e. The second kappa shape index (κ2) is 9.04. The average molecular weight is 377 g/mol. The summed E-state index contributed by atoms with van der Waals surface area (Å²) in [5, 5.41) is 0. The Bertz CT molecular complexity index is 789. The lowest BCUT2D eigenvalue weighted by molar-refractivity contribution is 0.0638.